The lowest BCUT2D eigenvalue weighted by Crippen LogP contribution is -2.36. The summed E-state index contributed by atoms with van der Waals surface area (Å²) < 4.78 is 27.3. The van der Waals surface area contributed by atoms with Crippen LogP contribution in [0.1, 0.15) is 42.5 Å². The van der Waals surface area contributed by atoms with E-state index in [-0.39, 0.29) is 16.8 Å². The molecule has 1 amide bonds. The lowest BCUT2D eigenvalue weighted by Gasteiger charge is -2.26. The molecule has 7 heteroatoms. The van der Waals surface area contributed by atoms with Crippen LogP contribution >= 0.6 is 0 Å². The van der Waals surface area contributed by atoms with Gasteiger partial charge in [-0.1, -0.05) is 12.5 Å². The lowest BCUT2D eigenvalue weighted by molar-refractivity contribution is 0.0779. The maximum Gasteiger partial charge on any atom is 0.253 e. The fourth-order valence-corrected chi connectivity index (χ4v) is 6.26. The fraction of sp³-hybridized carbons (Fsp3) is 0.632. The van der Waals surface area contributed by atoms with Crippen molar-refractivity contribution in [2.45, 2.75) is 43.0 Å². The minimum Gasteiger partial charge on any atom is -0.338 e. The van der Waals surface area contributed by atoms with E-state index in [9.17, 15) is 13.2 Å². The Bertz CT molecular complexity index is 789. The first-order valence-electron chi connectivity index (χ1n) is 9.62. The maximum absolute atomic E-state index is 12.9. The molecule has 4 rings (SSSR count). The quantitative estimate of drug-likeness (QED) is 0.868. The number of hydrogen-bond donors (Lipinski definition) is 1. The minimum atomic E-state index is -3.52. The molecule has 6 nitrogen and oxygen atoms in total. The summed E-state index contributed by atoms with van der Waals surface area (Å²) in [4.78, 5) is 15.0. The van der Waals surface area contributed by atoms with Crippen LogP contribution in [0.5, 0.6) is 0 Å². The molecule has 2 heterocycles. The number of fused-ring (bicyclic) bond motifs is 1. The fourth-order valence-electron chi connectivity index (χ4n) is 4.70. The highest BCUT2D eigenvalue weighted by Crippen LogP contribution is 2.37. The lowest BCUT2D eigenvalue weighted by atomic mass is 9.98. The standard InChI is InChI=1S/C19H27N3O3S/c20-18-8-7-15-12-21(13-17(15)18)19(23)14-5-4-6-16(11-14)26(24,25)22-9-2-1-3-10-22/h4-6,11,15,17-18H,1-3,7-10,12-13,20H2. The second-order valence-electron chi connectivity index (χ2n) is 7.87. The summed E-state index contributed by atoms with van der Waals surface area (Å²) in [7, 11) is -3.52. The van der Waals surface area contributed by atoms with Crippen molar-refractivity contribution in [3.8, 4) is 0 Å². The van der Waals surface area contributed by atoms with E-state index in [4.69, 9.17) is 5.73 Å². The van der Waals surface area contributed by atoms with Gasteiger partial charge in [0, 0.05) is 37.8 Å². The molecule has 3 atom stereocenters. The summed E-state index contributed by atoms with van der Waals surface area (Å²) in [6.07, 6.45) is 4.99. The molecule has 1 aliphatic carbocycles. The highest BCUT2D eigenvalue weighted by molar-refractivity contribution is 7.89. The van der Waals surface area contributed by atoms with Gasteiger partial charge in [-0.3, -0.25) is 4.79 Å². The van der Waals surface area contributed by atoms with Crippen molar-refractivity contribution in [2.75, 3.05) is 26.2 Å². The molecule has 1 aromatic rings. The molecule has 2 aliphatic heterocycles. The van der Waals surface area contributed by atoms with Gasteiger partial charge in [-0.2, -0.15) is 4.31 Å². The Morgan fingerprint density at radius 3 is 2.58 bits per heavy atom. The number of benzene rings is 1. The van der Waals surface area contributed by atoms with E-state index >= 15 is 0 Å². The van der Waals surface area contributed by atoms with Crippen molar-refractivity contribution in [1.82, 2.24) is 9.21 Å². The molecule has 3 fully saturated rings. The van der Waals surface area contributed by atoms with Crippen LogP contribution in [0.4, 0.5) is 0 Å². The number of hydrogen-bond acceptors (Lipinski definition) is 4. The Balaban J connectivity index is 1.53. The molecule has 142 valence electrons. The molecule has 3 aliphatic rings. The van der Waals surface area contributed by atoms with Gasteiger partial charge in [0.1, 0.15) is 0 Å². The van der Waals surface area contributed by atoms with E-state index in [1.807, 2.05) is 4.90 Å². The largest absolute Gasteiger partial charge is 0.338 e. The number of amides is 1. The number of carbonyl (C=O) groups is 1. The van der Waals surface area contributed by atoms with Crippen LogP contribution in [0.15, 0.2) is 29.2 Å². The highest BCUT2D eigenvalue weighted by Gasteiger charge is 2.42. The molecular weight excluding hydrogens is 350 g/mol. The number of rotatable bonds is 3. The number of carbonyl (C=O) groups excluding carboxylic acids is 1. The zero-order valence-corrected chi connectivity index (χ0v) is 15.8. The summed E-state index contributed by atoms with van der Waals surface area (Å²) in [6.45, 7) is 2.55. The normalized spacial score (nSPS) is 29.7. The van der Waals surface area contributed by atoms with Crippen molar-refractivity contribution in [2.24, 2.45) is 17.6 Å². The summed E-state index contributed by atoms with van der Waals surface area (Å²) in [6, 6.07) is 6.71. The molecule has 26 heavy (non-hydrogen) atoms. The summed E-state index contributed by atoms with van der Waals surface area (Å²) in [5.74, 6) is 0.802. The molecule has 3 unspecified atom stereocenters. The van der Waals surface area contributed by atoms with Crippen LogP contribution in [0, 0.1) is 11.8 Å². The first-order chi connectivity index (χ1) is 12.5. The monoisotopic (exact) mass is 377 g/mol. The van der Waals surface area contributed by atoms with Gasteiger partial charge in [-0.25, -0.2) is 8.42 Å². The van der Waals surface area contributed by atoms with Gasteiger partial charge in [0.15, 0.2) is 0 Å². The van der Waals surface area contributed by atoms with E-state index in [1.165, 1.54) is 0 Å². The first kappa shape index (κ1) is 17.9. The summed E-state index contributed by atoms with van der Waals surface area (Å²) in [5.41, 5.74) is 6.62. The van der Waals surface area contributed by atoms with Crippen LogP contribution in [-0.2, 0) is 10.0 Å². The van der Waals surface area contributed by atoms with Gasteiger partial charge in [0.25, 0.3) is 5.91 Å². The summed E-state index contributed by atoms with van der Waals surface area (Å²) >= 11 is 0. The van der Waals surface area contributed by atoms with Gasteiger partial charge >= 0.3 is 0 Å². The molecule has 0 spiro atoms. The maximum atomic E-state index is 12.9. The molecule has 1 aromatic carbocycles. The molecule has 0 radical (unpaired) electrons. The number of nitrogens with two attached hydrogens (primary N) is 1. The molecule has 2 saturated heterocycles. The zero-order valence-electron chi connectivity index (χ0n) is 15.0. The predicted molar refractivity (Wildman–Crippen MR) is 99.1 cm³/mol. The third kappa shape index (κ3) is 3.17. The van der Waals surface area contributed by atoms with Gasteiger partial charge in [0.05, 0.1) is 4.90 Å². The van der Waals surface area contributed by atoms with Crippen molar-refractivity contribution in [3.05, 3.63) is 29.8 Å². The Kier molecular flexibility index (Phi) is 4.79. The van der Waals surface area contributed by atoms with Gasteiger partial charge < -0.3 is 10.6 Å². The Morgan fingerprint density at radius 1 is 1.08 bits per heavy atom. The third-order valence-electron chi connectivity index (χ3n) is 6.23. The van der Waals surface area contributed by atoms with Crippen molar-refractivity contribution >= 4 is 15.9 Å². The Hall–Kier alpha value is -1.44. The topological polar surface area (TPSA) is 83.7 Å². The van der Waals surface area contributed by atoms with Crippen LogP contribution in [-0.4, -0.2) is 55.8 Å². The van der Waals surface area contributed by atoms with Crippen LogP contribution in [0.2, 0.25) is 0 Å². The molecule has 0 aromatic heterocycles. The molecule has 0 bridgehead atoms. The van der Waals surface area contributed by atoms with Crippen LogP contribution in [0.3, 0.4) is 0 Å². The van der Waals surface area contributed by atoms with Crippen LogP contribution in [0.25, 0.3) is 0 Å². The third-order valence-corrected chi connectivity index (χ3v) is 8.13. The van der Waals surface area contributed by atoms with Crippen molar-refractivity contribution in [1.29, 1.82) is 0 Å². The second-order valence-corrected chi connectivity index (χ2v) is 9.81. The summed E-state index contributed by atoms with van der Waals surface area (Å²) in [5, 5.41) is 0. The van der Waals surface area contributed by atoms with E-state index in [0.717, 1.165) is 38.6 Å². The van der Waals surface area contributed by atoms with E-state index in [2.05, 4.69) is 0 Å². The highest BCUT2D eigenvalue weighted by atomic mass is 32.2. The first-order valence-corrected chi connectivity index (χ1v) is 11.1. The minimum absolute atomic E-state index is 0.0812. The molecule has 1 saturated carbocycles. The smallest absolute Gasteiger partial charge is 0.253 e. The van der Waals surface area contributed by atoms with E-state index < -0.39 is 10.0 Å². The van der Waals surface area contributed by atoms with Crippen molar-refractivity contribution in [3.63, 3.8) is 0 Å². The zero-order chi connectivity index (χ0) is 18.3. The Labute approximate surface area is 155 Å². The number of nitrogens with zero attached hydrogens (tertiary/aromatic N) is 2. The number of piperidine rings is 1. The van der Waals surface area contributed by atoms with Gasteiger partial charge in [0.2, 0.25) is 10.0 Å². The van der Waals surface area contributed by atoms with E-state index in [0.29, 0.717) is 37.0 Å². The Morgan fingerprint density at radius 2 is 1.85 bits per heavy atom. The van der Waals surface area contributed by atoms with Crippen molar-refractivity contribution < 1.29 is 13.2 Å². The molecular formula is C19H27N3O3S. The number of sulfonamides is 1. The molecule has 2 N–H and O–H groups in total. The average molecular weight is 378 g/mol. The SMILES string of the molecule is NC1CCC2CN(C(=O)c3cccc(S(=O)(=O)N4CCCCC4)c3)CC12. The number of likely N-dealkylation sites (tertiary alicyclic amines) is 1. The average Bonchev–Trinajstić information content (AvgIpc) is 3.24. The van der Waals surface area contributed by atoms with Crippen LogP contribution < -0.4 is 5.73 Å². The second kappa shape index (κ2) is 6.94. The van der Waals surface area contributed by atoms with Gasteiger partial charge in [-0.15, -0.1) is 0 Å². The predicted octanol–water partition coefficient (Wildman–Crippen LogP) is 1.67. The van der Waals surface area contributed by atoms with Gasteiger partial charge in [-0.05, 0) is 55.7 Å². The van der Waals surface area contributed by atoms with E-state index in [1.54, 1.807) is 28.6 Å².